The molecule has 2 aromatic rings. The molecule has 7 nitrogen and oxygen atoms in total. The van der Waals surface area contributed by atoms with Crippen molar-refractivity contribution in [1.29, 1.82) is 5.26 Å². The molecule has 7 heteroatoms. The van der Waals surface area contributed by atoms with Crippen molar-refractivity contribution in [1.82, 2.24) is 10.2 Å². The number of rotatable bonds is 10. The lowest BCUT2D eigenvalue weighted by molar-refractivity contribution is 0.0600. The fourth-order valence-corrected chi connectivity index (χ4v) is 4.31. The van der Waals surface area contributed by atoms with Gasteiger partial charge in [-0.15, -0.1) is 0 Å². The van der Waals surface area contributed by atoms with Crippen LogP contribution in [0.25, 0.3) is 11.1 Å². The first kappa shape index (κ1) is 26.2. The molecule has 1 amide bonds. The van der Waals surface area contributed by atoms with Gasteiger partial charge in [0.15, 0.2) is 0 Å². The zero-order valence-corrected chi connectivity index (χ0v) is 20.7. The van der Waals surface area contributed by atoms with Gasteiger partial charge in [-0.1, -0.05) is 31.9 Å². The van der Waals surface area contributed by atoms with Gasteiger partial charge in [-0.25, -0.2) is 9.59 Å². The first-order valence-electron chi connectivity index (χ1n) is 12.4. The number of likely N-dealkylation sites (tertiary alicyclic amines) is 1. The van der Waals surface area contributed by atoms with Crippen molar-refractivity contribution in [3.05, 3.63) is 59.2 Å². The van der Waals surface area contributed by atoms with Crippen LogP contribution in [0, 0.1) is 17.2 Å². The first-order chi connectivity index (χ1) is 17.0. The lowest BCUT2D eigenvalue weighted by Gasteiger charge is -2.31. The van der Waals surface area contributed by atoms with Gasteiger partial charge in [0.25, 0.3) is 0 Å². The summed E-state index contributed by atoms with van der Waals surface area (Å²) in [5.74, 6) is 0.0909. The predicted octanol–water partition coefficient (Wildman–Crippen LogP) is 5.14. The number of nitrogens with zero attached hydrogens (tertiary/aromatic N) is 2. The van der Waals surface area contributed by atoms with E-state index in [1.807, 2.05) is 35.2 Å². The molecule has 0 spiro atoms. The monoisotopic (exact) mass is 477 g/mol. The lowest BCUT2D eigenvalue weighted by Crippen LogP contribution is -2.41. The Balaban J connectivity index is 1.54. The van der Waals surface area contributed by atoms with E-state index in [9.17, 15) is 14.9 Å². The summed E-state index contributed by atoms with van der Waals surface area (Å²) in [6.45, 7) is 5.51. The van der Waals surface area contributed by atoms with Gasteiger partial charge in [-0.05, 0) is 78.7 Å². The minimum atomic E-state index is -0.390. The van der Waals surface area contributed by atoms with Crippen LogP contribution < -0.4 is 5.32 Å². The second kappa shape index (κ2) is 13.5. The Labute approximate surface area is 208 Å². The average Bonchev–Trinajstić information content (AvgIpc) is 2.90. The predicted molar refractivity (Wildman–Crippen MR) is 135 cm³/mol. The highest BCUT2D eigenvalue weighted by Crippen LogP contribution is 2.24. The third-order valence-corrected chi connectivity index (χ3v) is 6.35. The Hall–Kier alpha value is -3.37. The molecule has 1 heterocycles. The van der Waals surface area contributed by atoms with Crippen LogP contribution in [0.4, 0.5) is 4.79 Å². The topological polar surface area (TPSA) is 91.7 Å². The van der Waals surface area contributed by atoms with Crippen LogP contribution in [-0.2, 0) is 16.0 Å². The largest absolute Gasteiger partial charge is 0.465 e. The number of esters is 1. The van der Waals surface area contributed by atoms with Crippen molar-refractivity contribution in [3.63, 3.8) is 0 Å². The highest BCUT2D eigenvalue weighted by atomic mass is 16.6. The summed E-state index contributed by atoms with van der Waals surface area (Å²) < 4.78 is 10.3. The Kier molecular flexibility index (Phi) is 10.1. The molecule has 0 radical (unpaired) electrons. The van der Waals surface area contributed by atoms with Crippen LogP contribution in [0.15, 0.2) is 42.5 Å². The number of ether oxygens (including phenoxy) is 2. The Morgan fingerprint density at radius 1 is 1.11 bits per heavy atom. The second-order valence-corrected chi connectivity index (χ2v) is 8.99. The summed E-state index contributed by atoms with van der Waals surface area (Å²) in [5.41, 5.74) is 3.77. The molecule has 1 aliphatic rings. The maximum atomic E-state index is 12.2. The molecule has 186 valence electrons. The molecular formula is C28H35N3O4. The van der Waals surface area contributed by atoms with Crippen molar-refractivity contribution in [2.24, 2.45) is 5.92 Å². The molecule has 1 fully saturated rings. The van der Waals surface area contributed by atoms with Gasteiger partial charge in [0.1, 0.15) is 0 Å². The van der Waals surface area contributed by atoms with E-state index in [2.05, 4.69) is 18.3 Å². The van der Waals surface area contributed by atoms with E-state index >= 15 is 0 Å². The molecule has 0 aliphatic carbocycles. The van der Waals surface area contributed by atoms with Crippen molar-refractivity contribution >= 4 is 12.1 Å². The molecule has 0 unspecified atom stereocenters. The number of carbonyl (C=O) groups is 2. The number of methoxy groups -OCH3 is 1. The fourth-order valence-electron chi connectivity index (χ4n) is 4.31. The molecule has 0 atom stereocenters. The fraction of sp³-hybridized carbons (Fsp3) is 0.464. The zero-order valence-electron chi connectivity index (χ0n) is 20.7. The van der Waals surface area contributed by atoms with Gasteiger partial charge in [0.2, 0.25) is 0 Å². The number of nitrogens with one attached hydrogen (secondary N) is 1. The number of unbranched alkanes of at least 4 members (excludes halogenated alkanes) is 2. The van der Waals surface area contributed by atoms with E-state index in [-0.39, 0.29) is 6.09 Å². The Bertz CT molecular complexity index is 1040. The second-order valence-electron chi connectivity index (χ2n) is 8.99. The summed E-state index contributed by atoms with van der Waals surface area (Å²) in [5, 5.41) is 12.7. The van der Waals surface area contributed by atoms with Gasteiger partial charge in [-0.2, -0.15) is 5.26 Å². The number of benzene rings is 2. The summed E-state index contributed by atoms with van der Waals surface area (Å²) >= 11 is 0. The van der Waals surface area contributed by atoms with E-state index in [0.29, 0.717) is 30.2 Å². The van der Waals surface area contributed by atoms with E-state index in [0.717, 1.165) is 68.4 Å². The summed E-state index contributed by atoms with van der Waals surface area (Å²) in [6, 6.07) is 15.2. The quantitative estimate of drug-likeness (QED) is 0.376. The highest BCUT2D eigenvalue weighted by molar-refractivity contribution is 5.91. The van der Waals surface area contributed by atoms with Crippen LogP contribution >= 0.6 is 0 Å². The normalized spacial score (nSPS) is 13.8. The molecule has 1 N–H and O–H groups in total. The van der Waals surface area contributed by atoms with E-state index in [1.165, 1.54) is 7.11 Å². The molecule has 1 aliphatic heterocycles. The van der Waals surface area contributed by atoms with Crippen molar-refractivity contribution in [2.45, 2.75) is 45.6 Å². The molecule has 0 saturated carbocycles. The molecule has 3 rings (SSSR count). The van der Waals surface area contributed by atoms with Crippen LogP contribution in [0.3, 0.4) is 0 Å². The van der Waals surface area contributed by atoms with Crippen LogP contribution in [0.1, 0.15) is 60.5 Å². The maximum absolute atomic E-state index is 12.2. The molecular weight excluding hydrogens is 442 g/mol. The highest BCUT2D eigenvalue weighted by Gasteiger charge is 2.23. The van der Waals surface area contributed by atoms with Gasteiger partial charge < -0.3 is 19.7 Å². The molecule has 0 bridgehead atoms. The summed E-state index contributed by atoms with van der Waals surface area (Å²) in [4.78, 5) is 26.3. The summed E-state index contributed by atoms with van der Waals surface area (Å²) in [7, 11) is 1.37. The van der Waals surface area contributed by atoms with E-state index < -0.39 is 5.97 Å². The van der Waals surface area contributed by atoms with Gasteiger partial charge >= 0.3 is 12.1 Å². The van der Waals surface area contributed by atoms with Crippen molar-refractivity contribution in [3.8, 4) is 17.2 Å². The Morgan fingerprint density at radius 3 is 2.63 bits per heavy atom. The average molecular weight is 478 g/mol. The number of nitriles is 1. The van der Waals surface area contributed by atoms with Gasteiger partial charge in [-0.3, -0.25) is 0 Å². The molecule has 2 aromatic carbocycles. The van der Waals surface area contributed by atoms with Crippen molar-refractivity contribution < 1.29 is 19.1 Å². The number of hydrogen-bond donors (Lipinski definition) is 1. The Morgan fingerprint density at radius 2 is 1.91 bits per heavy atom. The first-order valence-corrected chi connectivity index (χ1v) is 12.4. The van der Waals surface area contributed by atoms with Crippen molar-refractivity contribution in [2.75, 3.05) is 33.4 Å². The van der Waals surface area contributed by atoms with Gasteiger partial charge in [0, 0.05) is 19.6 Å². The molecule has 35 heavy (non-hydrogen) atoms. The van der Waals surface area contributed by atoms with Gasteiger partial charge in [0.05, 0.1) is 30.9 Å². The number of amides is 1. The van der Waals surface area contributed by atoms with Crippen LogP contribution in [0.2, 0.25) is 0 Å². The molecule has 0 aromatic heterocycles. The van der Waals surface area contributed by atoms with E-state index in [4.69, 9.17) is 9.47 Å². The standard InChI is InChI=1S/C28H35N3O4/c1-3-4-5-13-35-28(33)31-11-9-21(10-12-31)19-30-20-23-15-25(17-26(16-23)27(32)34-2)24-8-6-7-22(14-24)18-29/h6-8,14-17,21,30H,3-5,9-13,19-20H2,1-2H3. The number of carbonyl (C=O) groups excluding carboxylic acids is 2. The summed E-state index contributed by atoms with van der Waals surface area (Å²) in [6.07, 6.45) is 4.79. The zero-order chi connectivity index (χ0) is 25.0. The maximum Gasteiger partial charge on any atom is 0.409 e. The third kappa shape index (κ3) is 7.83. The minimum Gasteiger partial charge on any atom is -0.465 e. The minimum absolute atomic E-state index is 0.194. The van der Waals surface area contributed by atoms with Crippen LogP contribution in [0.5, 0.6) is 0 Å². The number of piperidine rings is 1. The van der Waals surface area contributed by atoms with Crippen LogP contribution in [-0.4, -0.2) is 50.3 Å². The third-order valence-electron chi connectivity index (χ3n) is 6.35. The lowest BCUT2D eigenvalue weighted by atomic mass is 9.96. The SMILES string of the molecule is CCCCCOC(=O)N1CCC(CNCc2cc(C(=O)OC)cc(-c3cccc(C#N)c3)c2)CC1. The van der Waals surface area contributed by atoms with E-state index in [1.54, 1.807) is 12.1 Å². The smallest absolute Gasteiger partial charge is 0.409 e. The molecule has 1 saturated heterocycles. The number of hydrogen-bond acceptors (Lipinski definition) is 6.